The smallest absolute Gasteiger partial charge is 0.342 e. The van der Waals surface area contributed by atoms with E-state index >= 15 is 0 Å². The second kappa shape index (κ2) is 10.3. The van der Waals surface area contributed by atoms with Crippen LogP contribution in [-0.2, 0) is 26.2 Å². The molecule has 8 heteroatoms. The summed E-state index contributed by atoms with van der Waals surface area (Å²) in [6, 6.07) is 12.2. The van der Waals surface area contributed by atoms with E-state index < -0.39 is 11.4 Å². The number of ether oxygens (including phenoxy) is 2. The highest BCUT2D eigenvalue weighted by atomic mass is 19.1. The lowest BCUT2D eigenvalue weighted by atomic mass is 9.81. The molecule has 0 aliphatic carbocycles. The molecule has 7 nitrogen and oxygen atoms in total. The summed E-state index contributed by atoms with van der Waals surface area (Å²) in [5.41, 5.74) is 3.37. The van der Waals surface area contributed by atoms with Gasteiger partial charge in [0.2, 0.25) is 0 Å². The van der Waals surface area contributed by atoms with Crippen molar-refractivity contribution in [2.45, 2.75) is 45.8 Å². The fourth-order valence-electron chi connectivity index (χ4n) is 5.34. The second-order valence-electron chi connectivity index (χ2n) is 11.0. The predicted octanol–water partition coefficient (Wildman–Crippen LogP) is 4.87. The molecule has 1 saturated heterocycles. The largest absolute Gasteiger partial charge is 0.459 e. The monoisotopic (exact) mass is 519 g/mol. The van der Waals surface area contributed by atoms with E-state index in [1.165, 1.54) is 12.1 Å². The number of nitrogens with zero attached hydrogens (tertiary/aromatic N) is 2. The first-order valence-corrected chi connectivity index (χ1v) is 13.1. The maximum atomic E-state index is 14.0. The molecule has 0 bridgehead atoms. The number of aromatic amines is 1. The van der Waals surface area contributed by atoms with E-state index in [4.69, 9.17) is 9.47 Å². The highest BCUT2D eigenvalue weighted by Gasteiger charge is 2.37. The number of amides is 1. The molecule has 0 saturated carbocycles. The van der Waals surface area contributed by atoms with Gasteiger partial charge in [-0.1, -0.05) is 26.0 Å². The van der Waals surface area contributed by atoms with E-state index in [0.717, 1.165) is 49.4 Å². The van der Waals surface area contributed by atoms with Crippen molar-refractivity contribution in [1.29, 1.82) is 0 Å². The normalized spacial score (nSPS) is 17.7. The number of hydrogen-bond acceptors (Lipinski definition) is 5. The van der Waals surface area contributed by atoms with Crippen molar-refractivity contribution in [3.05, 3.63) is 76.9 Å². The van der Waals surface area contributed by atoms with Crippen LogP contribution in [0.2, 0.25) is 0 Å². The number of H-pyrrole nitrogens is 1. The van der Waals surface area contributed by atoms with Gasteiger partial charge in [0.1, 0.15) is 5.82 Å². The van der Waals surface area contributed by atoms with E-state index in [1.54, 1.807) is 31.0 Å². The van der Waals surface area contributed by atoms with E-state index in [0.29, 0.717) is 23.3 Å². The summed E-state index contributed by atoms with van der Waals surface area (Å²) in [6.07, 6.45) is 1.24. The fourth-order valence-corrected chi connectivity index (χ4v) is 5.34. The third-order valence-electron chi connectivity index (χ3n) is 7.09. The van der Waals surface area contributed by atoms with Crippen LogP contribution in [0.4, 0.5) is 4.39 Å². The van der Waals surface area contributed by atoms with Crippen LogP contribution in [0.1, 0.15) is 54.9 Å². The van der Waals surface area contributed by atoms with Crippen molar-refractivity contribution in [2.75, 3.05) is 32.8 Å². The lowest BCUT2D eigenvalue weighted by Gasteiger charge is -2.30. The molecule has 3 aromatic rings. The Balaban J connectivity index is 1.50. The van der Waals surface area contributed by atoms with Crippen molar-refractivity contribution < 1.29 is 23.5 Å². The van der Waals surface area contributed by atoms with E-state index in [1.807, 2.05) is 38.1 Å². The van der Waals surface area contributed by atoms with Gasteiger partial charge >= 0.3 is 5.97 Å². The Labute approximate surface area is 222 Å². The molecule has 1 aromatic heterocycles. The number of morpholine rings is 1. The zero-order valence-corrected chi connectivity index (χ0v) is 22.3. The van der Waals surface area contributed by atoms with Gasteiger partial charge in [-0.2, -0.15) is 0 Å². The standard InChI is InChI=1S/C30H34FN3O4/c1-19(2)38-29(36)24-17-34(18-30(3,4)26-23-10-9-22(31)15-25(23)32-27(24)26)28(35)21-7-5-20(6-8-21)16-33-11-13-37-14-12-33/h5-10,15,17,19,32H,11-14,16,18H2,1-4H3. The number of carbonyl (C=O) groups is 2. The number of nitrogens with one attached hydrogen (secondary N) is 1. The summed E-state index contributed by atoms with van der Waals surface area (Å²) in [5, 5.41) is 0.816. The molecule has 0 spiro atoms. The van der Waals surface area contributed by atoms with Gasteiger partial charge in [0.15, 0.2) is 0 Å². The van der Waals surface area contributed by atoms with E-state index in [2.05, 4.69) is 9.88 Å². The highest BCUT2D eigenvalue weighted by Crippen LogP contribution is 2.41. The van der Waals surface area contributed by atoms with Crippen LogP contribution in [0.5, 0.6) is 0 Å². The van der Waals surface area contributed by atoms with Crippen LogP contribution in [0.25, 0.3) is 16.5 Å². The van der Waals surface area contributed by atoms with Crippen molar-refractivity contribution in [3.8, 4) is 0 Å². The molecular weight excluding hydrogens is 485 g/mol. The highest BCUT2D eigenvalue weighted by molar-refractivity contribution is 6.18. The Morgan fingerprint density at radius 3 is 2.50 bits per heavy atom. The molecule has 5 rings (SSSR count). The zero-order valence-electron chi connectivity index (χ0n) is 22.3. The Hall–Kier alpha value is -3.49. The number of benzene rings is 2. The molecule has 3 heterocycles. The van der Waals surface area contributed by atoms with Crippen LogP contribution in [-0.4, -0.2) is 65.6 Å². The number of aromatic nitrogens is 1. The van der Waals surface area contributed by atoms with Crippen LogP contribution < -0.4 is 0 Å². The number of hydrogen-bond donors (Lipinski definition) is 1. The molecule has 1 N–H and O–H groups in total. The molecular formula is C30H34FN3O4. The summed E-state index contributed by atoms with van der Waals surface area (Å²) >= 11 is 0. The van der Waals surface area contributed by atoms with Gasteiger partial charge in [0.05, 0.1) is 30.6 Å². The molecule has 0 radical (unpaired) electrons. The first kappa shape index (κ1) is 26.1. The maximum Gasteiger partial charge on any atom is 0.342 e. The summed E-state index contributed by atoms with van der Waals surface area (Å²) in [4.78, 5) is 34.2. The summed E-state index contributed by atoms with van der Waals surface area (Å²) in [6.45, 7) is 12.0. The lowest BCUT2D eigenvalue weighted by Crippen LogP contribution is -2.37. The lowest BCUT2D eigenvalue weighted by molar-refractivity contribution is -0.140. The van der Waals surface area contributed by atoms with Gasteiger partial charge in [-0.3, -0.25) is 9.69 Å². The Morgan fingerprint density at radius 2 is 1.82 bits per heavy atom. The Bertz CT molecular complexity index is 1380. The summed E-state index contributed by atoms with van der Waals surface area (Å²) in [5.74, 6) is -1.10. The van der Waals surface area contributed by atoms with Crippen molar-refractivity contribution >= 4 is 28.4 Å². The first-order valence-electron chi connectivity index (χ1n) is 13.1. The summed E-state index contributed by atoms with van der Waals surface area (Å²) in [7, 11) is 0. The topological polar surface area (TPSA) is 74.9 Å². The van der Waals surface area contributed by atoms with Gasteiger partial charge in [0, 0.05) is 54.3 Å². The third kappa shape index (κ3) is 5.24. The Morgan fingerprint density at radius 1 is 1.11 bits per heavy atom. The zero-order chi connectivity index (χ0) is 27.0. The molecule has 2 aliphatic heterocycles. The molecule has 200 valence electrons. The minimum absolute atomic E-state index is 0.202. The van der Waals surface area contributed by atoms with Crippen molar-refractivity contribution in [1.82, 2.24) is 14.8 Å². The van der Waals surface area contributed by atoms with Crippen LogP contribution >= 0.6 is 0 Å². The van der Waals surface area contributed by atoms with Crippen LogP contribution in [0.15, 0.2) is 48.7 Å². The molecule has 0 atom stereocenters. The first-order chi connectivity index (χ1) is 18.1. The molecule has 38 heavy (non-hydrogen) atoms. The number of rotatable bonds is 5. The van der Waals surface area contributed by atoms with Crippen molar-refractivity contribution in [2.24, 2.45) is 0 Å². The van der Waals surface area contributed by atoms with Gasteiger partial charge in [0.25, 0.3) is 5.91 Å². The number of fused-ring (bicyclic) bond motifs is 3. The van der Waals surface area contributed by atoms with Gasteiger partial charge in [-0.05, 0) is 55.3 Å². The van der Waals surface area contributed by atoms with E-state index in [-0.39, 0.29) is 23.4 Å². The minimum Gasteiger partial charge on any atom is -0.459 e. The molecule has 2 aliphatic rings. The van der Waals surface area contributed by atoms with Gasteiger partial charge in [-0.25, -0.2) is 9.18 Å². The SMILES string of the molecule is CC(C)OC(=O)C1=CN(C(=O)c2ccc(CN3CCOCC3)cc2)CC(C)(C)c2c1[nH]c1cc(F)ccc21. The molecule has 1 amide bonds. The van der Waals surface area contributed by atoms with E-state index in [9.17, 15) is 14.0 Å². The molecule has 0 unspecified atom stereocenters. The third-order valence-corrected chi connectivity index (χ3v) is 7.09. The molecule has 2 aromatic carbocycles. The summed E-state index contributed by atoms with van der Waals surface area (Å²) < 4.78 is 25.0. The van der Waals surface area contributed by atoms with Crippen LogP contribution in [0.3, 0.4) is 0 Å². The van der Waals surface area contributed by atoms with Crippen LogP contribution in [0, 0.1) is 5.82 Å². The number of halogens is 1. The second-order valence-corrected chi connectivity index (χ2v) is 11.0. The Kier molecular flexibility index (Phi) is 7.11. The average Bonchev–Trinajstić information content (AvgIpc) is 3.20. The maximum absolute atomic E-state index is 14.0. The fraction of sp³-hybridized carbons (Fsp3) is 0.400. The number of esters is 1. The predicted molar refractivity (Wildman–Crippen MR) is 144 cm³/mol. The quantitative estimate of drug-likeness (QED) is 0.487. The minimum atomic E-state index is -0.548. The molecule has 1 fully saturated rings. The average molecular weight is 520 g/mol. The number of carbonyl (C=O) groups excluding carboxylic acids is 2. The van der Waals surface area contributed by atoms with Gasteiger partial charge in [-0.15, -0.1) is 0 Å². The van der Waals surface area contributed by atoms with Gasteiger partial charge < -0.3 is 19.4 Å². The van der Waals surface area contributed by atoms with Crippen molar-refractivity contribution in [3.63, 3.8) is 0 Å².